The Kier molecular flexibility index (Phi) is 4.69. The molecule has 0 aromatic carbocycles. The SMILES string of the molecule is CC(C)C(O)CNS(=O)(=O)c1cnc(Cl)s1. The predicted octanol–water partition coefficient (Wildman–Crippen LogP) is 1.09. The van der Waals surface area contributed by atoms with E-state index in [1.165, 1.54) is 6.20 Å². The second-order valence-corrected chi connectivity index (χ2v) is 7.20. The number of nitrogens with one attached hydrogen (secondary N) is 1. The zero-order chi connectivity index (χ0) is 12.3. The number of hydrogen-bond donors (Lipinski definition) is 2. The summed E-state index contributed by atoms with van der Waals surface area (Å²) in [6.45, 7) is 3.60. The third-order valence-corrected chi connectivity index (χ3v) is 4.97. The van der Waals surface area contributed by atoms with E-state index in [9.17, 15) is 13.5 Å². The first kappa shape index (κ1) is 13.9. The zero-order valence-corrected chi connectivity index (χ0v) is 11.2. The molecule has 0 spiro atoms. The van der Waals surface area contributed by atoms with Gasteiger partial charge >= 0.3 is 0 Å². The first-order valence-electron chi connectivity index (χ1n) is 4.62. The van der Waals surface area contributed by atoms with Gasteiger partial charge in [-0.15, -0.1) is 0 Å². The summed E-state index contributed by atoms with van der Waals surface area (Å²) in [6, 6.07) is 0. The predicted molar refractivity (Wildman–Crippen MR) is 63.2 cm³/mol. The summed E-state index contributed by atoms with van der Waals surface area (Å²) in [4.78, 5) is 3.65. The van der Waals surface area contributed by atoms with E-state index in [0.29, 0.717) is 0 Å². The Hall–Kier alpha value is -0.210. The molecular weight excluding hydrogens is 272 g/mol. The van der Waals surface area contributed by atoms with Crippen molar-refractivity contribution in [3.05, 3.63) is 10.7 Å². The van der Waals surface area contributed by atoms with E-state index in [1.54, 1.807) is 0 Å². The van der Waals surface area contributed by atoms with Gasteiger partial charge in [0.25, 0.3) is 10.0 Å². The number of aromatic nitrogens is 1. The van der Waals surface area contributed by atoms with Crippen LogP contribution in [-0.4, -0.2) is 31.2 Å². The topological polar surface area (TPSA) is 79.3 Å². The third kappa shape index (κ3) is 3.67. The maximum Gasteiger partial charge on any atom is 0.251 e. The van der Waals surface area contributed by atoms with Crippen LogP contribution in [0.25, 0.3) is 0 Å². The van der Waals surface area contributed by atoms with Crippen molar-refractivity contribution in [3.8, 4) is 0 Å². The van der Waals surface area contributed by atoms with Crippen LogP contribution >= 0.6 is 22.9 Å². The fourth-order valence-corrected chi connectivity index (χ4v) is 3.25. The van der Waals surface area contributed by atoms with Gasteiger partial charge in [0, 0.05) is 6.54 Å². The lowest BCUT2D eigenvalue weighted by molar-refractivity contribution is 0.129. The number of nitrogens with zero attached hydrogens (tertiary/aromatic N) is 1. The van der Waals surface area contributed by atoms with Crippen molar-refractivity contribution >= 4 is 33.0 Å². The van der Waals surface area contributed by atoms with Crippen LogP contribution < -0.4 is 4.72 Å². The van der Waals surface area contributed by atoms with Gasteiger partial charge in [-0.1, -0.05) is 36.8 Å². The van der Waals surface area contributed by atoms with E-state index in [4.69, 9.17) is 11.6 Å². The molecule has 8 heteroatoms. The fourth-order valence-electron chi connectivity index (χ4n) is 0.865. The lowest BCUT2D eigenvalue weighted by atomic mass is 10.1. The number of sulfonamides is 1. The van der Waals surface area contributed by atoms with Crippen molar-refractivity contribution in [3.63, 3.8) is 0 Å². The zero-order valence-electron chi connectivity index (χ0n) is 8.84. The van der Waals surface area contributed by atoms with E-state index in [1.807, 2.05) is 13.8 Å². The molecule has 1 aromatic rings. The number of rotatable bonds is 5. The van der Waals surface area contributed by atoms with Crippen LogP contribution in [0.3, 0.4) is 0 Å². The molecule has 92 valence electrons. The van der Waals surface area contributed by atoms with Crippen LogP contribution in [0.1, 0.15) is 13.8 Å². The Labute approximate surface area is 104 Å². The number of thiazole rings is 1. The summed E-state index contributed by atoms with van der Waals surface area (Å²) in [7, 11) is -3.61. The average molecular weight is 285 g/mol. The lowest BCUT2D eigenvalue weighted by Gasteiger charge is -2.14. The van der Waals surface area contributed by atoms with Crippen LogP contribution in [0.4, 0.5) is 0 Å². The molecule has 16 heavy (non-hydrogen) atoms. The molecule has 0 saturated carbocycles. The molecule has 1 heterocycles. The summed E-state index contributed by atoms with van der Waals surface area (Å²) < 4.78 is 25.8. The maximum atomic E-state index is 11.7. The summed E-state index contributed by atoms with van der Waals surface area (Å²) in [5.41, 5.74) is 0. The minimum atomic E-state index is -3.61. The van der Waals surface area contributed by atoms with E-state index in [-0.39, 0.29) is 21.1 Å². The van der Waals surface area contributed by atoms with Gasteiger partial charge in [0.2, 0.25) is 0 Å². The number of hydrogen-bond acceptors (Lipinski definition) is 5. The Morgan fingerprint density at radius 3 is 2.69 bits per heavy atom. The van der Waals surface area contributed by atoms with Crippen molar-refractivity contribution in [2.45, 2.75) is 24.2 Å². The second-order valence-electron chi connectivity index (χ2n) is 3.60. The second kappa shape index (κ2) is 5.42. The number of aliphatic hydroxyl groups excluding tert-OH is 1. The molecule has 0 saturated heterocycles. The molecule has 0 aliphatic heterocycles. The Morgan fingerprint density at radius 1 is 1.62 bits per heavy atom. The highest BCUT2D eigenvalue weighted by molar-refractivity contribution is 7.91. The smallest absolute Gasteiger partial charge is 0.251 e. The molecular formula is C8H13ClN2O3S2. The summed E-state index contributed by atoms with van der Waals surface area (Å²) in [5.74, 6) is -0.00671. The third-order valence-electron chi connectivity index (χ3n) is 1.97. The van der Waals surface area contributed by atoms with Gasteiger partial charge in [-0.2, -0.15) is 0 Å². The van der Waals surface area contributed by atoms with Crippen molar-refractivity contribution in [2.75, 3.05) is 6.54 Å². The number of aliphatic hydroxyl groups is 1. The van der Waals surface area contributed by atoms with Crippen molar-refractivity contribution in [1.29, 1.82) is 0 Å². The van der Waals surface area contributed by atoms with Crippen LogP contribution in [0, 0.1) is 5.92 Å². The normalized spacial score (nSPS) is 14.3. The van der Waals surface area contributed by atoms with Crippen LogP contribution in [-0.2, 0) is 10.0 Å². The Morgan fingerprint density at radius 2 is 2.25 bits per heavy atom. The quantitative estimate of drug-likeness (QED) is 0.848. The van der Waals surface area contributed by atoms with Crippen LogP contribution in [0.2, 0.25) is 4.47 Å². The first-order valence-corrected chi connectivity index (χ1v) is 7.29. The minimum Gasteiger partial charge on any atom is -0.391 e. The van der Waals surface area contributed by atoms with Gasteiger partial charge in [0.15, 0.2) is 8.68 Å². The van der Waals surface area contributed by atoms with Crippen LogP contribution in [0.15, 0.2) is 10.4 Å². The summed E-state index contributed by atoms with van der Waals surface area (Å²) in [6.07, 6.45) is 0.482. The fraction of sp³-hybridized carbons (Fsp3) is 0.625. The minimum absolute atomic E-state index is 0.00671. The molecule has 0 radical (unpaired) electrons. The molecule has 0 fully saturated rings. The van der Waals surface area contributed by atoms with E-state index in [0.717, 1.165) is 11.3 Å². The van der Waals surface area contributed by atoms with Gasteiger partial charge in [-0.3, -0.25) is 0 Å². The highest BCUT2D eigenvalue weighted by Gasteiger charge is 2.19. The average Bonchev–Trinajstić information content (AvgIpc) is 2.61. The summed E-state index contributed by atoms with van der Waals surface area (Å²) >= 11 is 6.42. The molecule has 0 aliphatic carbocycles. The van der Waals surface area contributed by atoms with E-state index < -0.39 is 16.1 Å². The maximum absolute atomic E-state index is 11.7. The molecule has 1 unspecified atom stereocenters. The van der Waals surface area contributed by atoms with E-state index >= 15 is 0 Å². The van der Waals surface area contributed by atoms with Gasteiger partial charge in [0.05, 0.1) is 12.3 Å². The molecule has 1 rings (SSSR count). The molecule has 0 bridgehead atoms. The van der Waals surface area contributed by atoms with Gasteiger partial charge in [-0.25, -0.2) is 18.1 Å². The molecule has 0 aliphatic rings. The molecule has 2 N–H and O–H groups in total. The van der Waals surface area contributed by atoms with Crippen molar-refractivity contribution < 1.29 is 13.5 Å². The molecule has 0 amide bonds. The summed E-state index contributed by atoms with van der Waals surface area (Å²) in [5, 5.41) is 9.48. The Bertz CT molecular complexity index is 444. The largest absolute Gasteiger partial charge is 0.391 e. The molecule has 1 aromatic heterocycles. The Balaban J connectivity index is 2.67. The molecule has 5 nitrogen and oxygen atoms in total. The monoisotopic (exact) mass is 284 g/mol. The molecule has 1 atom stereocenters. The van der Waals surface area contributed by atoms with E-state index in [2.05, 4.69) is 9.71 Å². The van der Waals surface area contributed by atoms with Gasteiger partial charge in [0.1, 0.15) is 0 Å². The first-order chi connectivity index (χ1) is 7.33. The standard InChI is InChI=1S/C8H13ClN2O3S2/c1-5(2)6(12)3-11-16(13,14)7-4-10-8(9)15-7/h4-6,11-12H,3H2,1-2H3. The van der Waals surface area contributed by atoms with Gasteiger partial charge in [-0.05, 0) is 5.92 Å². The van der Waals surface area contributed by atoms with Crippen LogP contribution in [0.5, 0.6) is 0 Å². The van der Waals surface area contributed by atoms with Crippen molar-refractivity contribution in [2.24, 2.45) is 5.92 Å². The number of halogens is 1. The highest BCUT2D eigenvalue weighted by atomic mass is 35.5. The highest BCUT2D eigenvalue weighted by Crippen LogP contribution is 2.22. The van der Waals surface area contributed by atoms with Crippen molar-refractivity contribution in [1.82, 2.24) is 9.71 Å². The van der Waals surface area contributed by atoms with Gasteiger partial charge < -0.3 is 5.11 Å². The lowest BCUT2D eigenvalue weighted by Crippen LogP contribution is -2.34.